The summed E-state index contributed by atoms with van der Waals surface area (Å²) in [5, 5.41) is 6.70. The van der Waals surface area contributed by atoms with Gasteiger partial charge in [-0.2, -0.15) is 0 Å². The summed E-state index contributed by atoms with van der Waals surface area (Å²) in [7, 11) is 1.98. The predicted octanol–water partition coefficient (Wildman–Crippen LogP) is 2.62. The van der Waals surface area contributed by atoms with Crippen LogP contribution in [0, 0.1) is 0 Å². The highest BCUT2D eigenvalue weighted by molar-refractivity contribution is 7.17. The first kappa shape index (κ1) is 7.77. The third-order valence-electron chi connectivity index (χ3n) is 1.95. The van der Waals surface area contributed by atoms with Crippen molar-refractivity contribution in [2.75, 3.05) is 7.05 Å². The van der Waals surface area contributed by atoms with E-state index in [1.54, 1.807) is 11.3 Å². The van der Waals surface area contributed by atoms with Gasteiger partial charge < -0.3 is 5.32 Å². The zero-order chi connectivity index (χ0) is 8.39. The molecule has 0 amide bonds. The van der Waals surface area contributed by atoms with Crippen LogP contribution in [0.1, 0.15) is 5.56 Å². The second kappa shape index (κ2) is 3.25. The lowest BCUT2D eigenvalue weighted by Crippen LogP contribution is -2.04. The van der Waals surface area contributed by atoms with Gasteiger partial charge in [-0.05, 0) is 35.5 Å². The molecule has 1 heterocycles. The third-order valence-corrected chi connectivity index (χ3v) is 2.84. The summed E-state index contributed by atoms with van der Waals surface area (Å²) in [5.41, 5.74) is 1.39. The van der Waals surface area contributed by atoms with E-state index in [1.165, 1.54) is 15.6 Å². The second-order valence-corrected chi connectivity index (χ2v) is 3.73. The van der Waals surface area contributed by atoms with Crippen molar-refractivity contribution in [1.82, 2.24) is 5.32 Å². The fraction of sp³-hybridized carbons (Fsp3) is 0.200. The van der Waals surface area contributed by atoms with Crippen LogP contribution in [0.3, 0.4) is 0 Å². The largest absolute Gasteiger partial charge is 0.316 e. The summed E-state index contributed by atoms with van der Waals surface area (Å²) in [5.74, 6) is 0. The molecule has 1 aromatic heterocycles. The number of nitrogens with one attached hydrogen (secondary N) is 1. The third kappa shape index (κ3) is 1.24. The van der Waals surface area contributed by atoms with Crippen molar-refractivity contribution in [2.24, 2.45) is 0 Å². The molecule has 0 spiro atoms. The zero-order valence-electron chi connectivity index (χ0n) is 7.00. The Hall–Kier alpha value is -0.860. The van der Waals surface area contributed by atoms with Crippen LogP contribution in [0.15, 0.2) is 29.6 Å². The summed E-state index contributed by atoms with van der Waals surface area (Å²) in [6.07, 6.45) is 0. The molecular weight excluding hydrogens is 166 g/mol. The van der Waals surface area contributed by atoms with Crippen molar-refractivity contribution in [2.45, 2.75) is 6.54 Å². The van der Waals surface area contributed by atoms with Crippen molar-refractivity contribution in [3.63, 3.8) is 0 Å². The molecule has 1 nitrogen and oxygen atoms in total. The van der Waals surface area contributed by atoms with E-state index >= 15 is 0 Å². The molecule has 62 valence electrons. The molecule has 0 fully saturated rings. The molecule has 2 aromatic rings. The van der Waals surface area contributed by atoms with Gasteiger partial charge >= 0.3 is 0 Å². The van der Waals surface area contributed by atoms with Gasteiger partial charge in [0.25, 0.3) is 0 Å². The maximum atomic E-state index is 3.17. The van der Waals surface area contributed by atoms with Gasteiger partial charge in [-0.15, -0.1) is 11.3 Å². The van der Waals surface area contributed by atoms with Crippen LogP contribution >= 0.6 is 11.3 Å². The Labute approximate surface area is 76.0 Å². The lowest BCUT2D eigenvalue weighted by atomic mass is 10.1. The van der Waals surface area contributed by atoms with Gasteiger partial charge in [0.1, 0.15) is 0 Å². The number of fused-ring (bicyclic) bond motifs is 1. The number of hydrogen-bond donors (Lipinski definition) is 1. The zero-order valence-corrected chi connectivity index (χ0v) is 7.82. The Morgan fingerprint density at radius 2 is 2.25 bits per heavy atom. The standard InChI is InChI=1S/C10H11NS/c1-11-7-8-3-2-4-10-9(8)5-6-12-10/h2-6,11H,7H2,1H3. The Bertz CT molecular complexity index is 378. The average molecular weight is 177 g/mol. The molecule has 0 aliphatic heterocycles. The van der Waals surface area contributed by atoms with Crippen molar-refractivity contribution in [3.8, 4) is 0 Å². The number of rotatable bonds is 2. The van der Waals surface area contributed by atoms with E-state index in [2.05, 4.69) is 35.0 Å². The number of thiophene rings is 1. The lowest BCUT2D eigenvalue weighted by Gasteiger charge is -2.00. The van der Waals surface area contributed by atoms with Crippen molar-refractivity contribution >= 4 is 21.4 Å². The van der Waals surface area contributed by atoms with E-state index in [0.717, 1.165) is 6.54 Å². The summed E-state index contributed by atoms with van der Waals surface area (Å²) in [4.78, 5) is 0. The molecule has 0 radical (unpaired) electrons. The van der Waals surface area contributed by atoms with Crippen LogP contribution in [0.2, 0.25) is 0 Å². The first-order valence-electron chi connectivity index (χ1n) is 4.01. The van der Waals surface area contributed by atoms with Crippen LogP contribution in [-0.4, -0.2) is 7.05 Å². The predicted molar refractivity (Wildman–Crippen MR) is 54.6 cm³/mol. The normalized spacial score (nSPS) is 10.8. The molecule has 0 aliphatic rings. The molecule has 0 saturated heterocycles. The lowest BCUT2D eigenvalue weighted by molar-refractivity contribution is 0.824. The van der Waals surface area contributed by atoms with Crippen LogP contribution in [-0.2, 0) is 6.54 Å². The molecule has 2 heteroatoms. The van der Waals surface area contributed by atoms with Crippen molar-refractivity contribution < 1.29 is 0 Å². The van der Waals surface area contributed by atoms with Gasteiger partial charge in [-0.25, -0.2) is 0 Å². The topological polar surface area (TPSA) is 12.0 Å². The maximum absolute atomic E-state index is 3.17. The molecular formula is C10H11NS. The molecule has 0 aliphatic carbocycles. The van der Waals surface area contributed by atoms with E-state index in [1.807, 2.05) is 7.05 Å². The highest BCUT2D eigenvalue weighted by atomic mass is 32.1. The summed E-state index contributed by atoms with van der Waals surface area (Å²) in [6.45, 7) is 0.952. The highest BCUT2D eigenvalue weighted by Gasteiger charge is 1.99. The van der Waals surface area contributed by atoms with Crippen LogP contribution in [0.25, 0.3) is 10.1 Å². The minimum Gasteiger partial charge on any atom is -0.316 e. The smallest absolute Gasteiger partial charge is 0.0345 e. The molecule has 1 N–H and O–H groups in total. The Kier molecular flexibility index (Phi) is 2.11. The van der Waals surface area contributed by atoms with Gasteiger partial charge in [0.15, 0.2) is 0 Å². The average Bonchev–Trinajstić information content (AvgIpc) is 2.53. The van der Waals surface area contributed by atoms with Crippen molar-refractivity contribution in [3.05, 3.63) is 35.2 Å². The first-order valence-corrected chi connectivity index (χ1v) is 4.89. The second-order valence-electron chi connectivity index (χ2n) is 2.78. The van der Waals surface area contributed by atoms with Crippen LogP contribution in [0.4, 0.5) is 0 Å². The minimum atomic E-state index is 0.952. The molecule has 0 bridgehead atoms. The van der Waals surface area contributed by atoms with E-state index in [4.69, 9.17) is 0 Å². The molecule has 1 aromatic carbocycles. The Morgan fingerprint density at radius 1 is 1.33 bits per heavy atom. The Morgan fingerprint density at radius 3 is 3.08 bits per heavy atom. The minimum absolute atomic E-state index is 0.952. The SMILES string of the molecule is CNCc1cccc2sccc12. The monoisotopic (exact) mass is 177 g/mol. The molecule has 0 saturated carbocycles. The van der Waals surface area contributed by atoms with E-state index in [-0.39, 0.29) is 0 Å². The first-order chi connectivity index (χ1) is 5.92. The highest BCUT2D eigenvalue weighted by Crippen LogP contribution is 2.23. The van der Waals surface area contributed by atoms with Gasteiger partial charge in [0, 0.05) is 11.2 Å². The van der Waals surface area contributed by atoms with Crippen LogP contribution in [0.5, 0.6) is 0 Å². The number of benzene rings is 1. The van der Waals surface area contributed by atoms with Gasteiger partial charge in [-0.3, -0.25) is 0 Å². The fourth-order valence-corrected chi connectivity index (χ4v) is 2.24. The van der Waals surface area contributed by atoms with Gasteiger partial charge in [0.2, 0.25) is 0 Å². The quantitative estimate of drug-likeness (QED) is 0.743. The Balaban J connectivity index is 2.57. The van der Waals surface area contributed by atoms with E-state index < -0.39 is 0 Å². The van der Waals surface area contributed by atoms with E-state index in [0.29, 0.717) is 0 Å². The summed E-state index contributed by atoms with van der Waals surface area (Å²) < 4.78 is 1.38. The molecule has 12 heavy (non-hydrogen) atoms. The maximum Gasteiger partial charge on any atom is 0.0345 e. The molecule has 2 rings (SSSR count). The van der Waals surface area contributed by atoms with Crippen molar-refractivity contribution in [1.29, 1.82) is 0 Å². The summed E-state index contributed by atoms with van der Waals surface area (Å²) in [6, 6.07) is 8.64. The molecule has 0 unspecified atom stereocenters. The summed E-state index contributed by atoms with van der Waals surface area (Å²) >= 11 is 1.80. The number of hydrogen-bond acceptors (Lipinski definition) is 2. The molecule has 0 atom stereocenters. The van der Waals surface area contributed by atoms with Crippen LogP contribution < -0.4 is 5.32 Å². The van der Waals surface area contributed by atoms with Gasteiger partial charge in [0.05, 0.1) is 0 Å². The fourth-order valence-electron chi connectivity index (χ4n) is 1.40. The van der Waals surface area contributed by atoms with Gasteiger partial charge in [-0.1, -0.05) is 12.1 Å². The van der Waals surface area contributed by atoms with E-state index in [9.17, 15) is 0 Å².